The van der Waals surface area contributed by atoms with Crippen molar-refractivity contribution in [1.82, 2.24) is 10.2 Å². The number of nitrogens with zero attached hydrogens (tertiary/aromatic N) is 1. The molecular weight excluding hydrogens is 176 g/mol. The van der Waals surface area contributed by atoms with Crippen LogP contribution in [0.3, 0.4) is 0 Å². The Morgan fingerprint density at radius 2 is 2.21 bits per heavy atom. The van der Waals surface area contributed by atoms with E-state index in [2.05, 4.69) is 31.0 Å². The van der Waals surface area contributed by atoms with Crippen LogP contribution in [0.4, 0.5) is 0 Å². The Hall–Kier alpha value is -0.120. The molecule has 0 bridgehead atoms. The van der Waals surface area contributed by atoms with Gasteiger partial charge in [0.15, 0.2) is 0 Å². The van der Waals surface area contributed by atoms with Crippen molar-refractivity contribution in [2.75, 3.05) is 19.7 Å². The molecule has 1 heterocycles. The highest BCUT2D eigenvalue weighted by atomic mass is 16.3. The molecule has 0 aromatic rings. The molecule has 2 N–H and O–H groups in total. The quantitative estimate of drug-likeness (QED) is 0.708. The fourth-order valence-electron chi connectivity index (χ4n) is 2.23. The summed E-state index contributed by atoms with van der Waals surface area (Å²) in [6.07, 6.45) is 2.08. The molecule has 1 aliphatic heterocycles. The Labute approximate surface area is 87.5 Å². The van der Waals surface area contributed by atoms with Gasteiger partial charge in [0, 0.05) is 31.3 Å². The fraction of sp³-hybridized carbons (Fsp3) is 1.00. The average molecular weight is 200 g/mol. The summed E-state index contributed by atoms with van der Waals surface area (Å²) < 4.78 is 0. The highest BCUT2D eigenvalue weighted by Gasteiger charge is 2.23. The Balaban J connectivity index is 2.53. The lowest BCUT2D eigenvalue weighted by Crippen LogP contribution is -2.44. The van der Waals surface area contributed by atoms with E-state index in [1.807, 2.05) is 0 Å². The number of hydrogen-bond donors (Lipinski definition) is 2. The van der Waals surface area contributed by atoms with Crippen LogP contribution in [0.1, 0.15) is 33.6 Å². The molecule has 1 saturated heterocycles. The summed E-state index contributed by atoms with van der Waals surface area (Å²) in [6, 6.07) is 1.73. The van der Waals surface area contributed by atoms with E-state index in [4.69, 9.17) is 5.11 Å². The largest absolute Gasteiger partial charge is 0.396 e. The molecule has 0 amide bonds. The lowest BCUT2D eigenvalue weighted by molar-refractivity contribution is 0.152. The van der Waals surface area contributed by atoms with Crippen molar-refractivity contribution in [2.45, 2.75) is 51.7 Å². The van der Waals surface area contributed by atoms with Crippen molar-refractivity contribution < 1.29 is 5.11 Å². The predicted octanol–water partition coefficient (Wildman–Crippen LogP) is 0.830. The Kier molecular flexibility index (Phi) is 4.85. The molecule has 1 aliphatic rings. The molecule has 3 nitrogen and oxygen atoms in total. The van der Waals surface area contributed by atoms with Gasteiger partial charge in [0.05, 0.1) is 0 Å². The highest BCUT2D eigenvalue weighted by molar-refractivity contribution is 4.82. The van der Waals surface area contributed by atoms with Crippen LogP contribution in [-0.4, -0.2) is 47.8 Å². The maximum absolute atomic E-state index is 8.94. The molecular formula is C11H24N2O. The Morgan fingerprint density at radius 3 is 2.79 bits per heavy atom. The molecule has 0 aromatic carbocycles. The van der Waals surface area contributed by atoms with E-state index in [0.29, 0.717) is 18.1 Å². The van der Waals surface area contributed by atoms with Crippen LogP contribution < -0.4 is 5.32 Å². The first-order valence-electron chi connectivity index (χ1n) is 5.75. The van der Waals surface area contributed by atoms with Gasteiger partial charge in [-0.2, -0.15) is 0 Å². The lowest BCUT2D eigenvalue weighted by Gasteiger charge is -2.32. The zero-order chi connectivity index (χ0) is 10.6. The van der Waals surface area contributed by atoms with Crippen molar-refractivity contribution in [2.24, 2.45) is 0 Å². The van der Waals surface area contributed by atoms with Crippen molar-refractivity contribution >= 4 is 0 Å². The smallest absolute Gasteiger partial charge is 0.0446 e. The standard InChI is InChI=1S/C11H24N2O/c1-9(2)13-8-11(5-7-14)12-6-4-10(13)3/h9-12,14H,4-8H2,1-3H3. The molecule has 1 rings (SSSR count). The van der Waals surface area contributed by atoms with Crippen molar-refractivity contribution in [3.63, 3.8) is 0 Å². The summed E-state index contributed by atoms with van der Waals surface area (Å²) in [5, 5.41) is 12.4. The van der Waals surface area contributed by atoms with E-state index in [-0.39, 0.29) is 6.61 Å². The predicted molar refractivity (Wildman–Crippen MR) is 59.4 cm³/mol. The van der Waals surface area contributed by atoms with Crippen molar-refractivity contribution in [3.05, 3.63) is 0 Å². The molecule has 3 heteroatoms. The summed E-state index contributed by atoms with van der Waals surface area (Å²) in [7, 11) is 0. The molecule has 14 heavy (non-hydrogen) atoms. The first kappa shape index (κ1) is 12.0. The molecule has 2 atom stereocenters. The van der Waals surface area contributed by atoms with Crippen LogP contribution in [-0.2, 0) is 0 Å². The molecule has 2 unspecified atom stereocenters. The SMILES string of the molecule is CC(C)N1CC(CCO)NCCC1C. The number of aliphatic hydroxyl groups is 1. The minimum absolute atomic E-state index is 0.290. The minimum atomic E-state index is 0.290. The highest BCUT2D eigenvalue weighted by Crippen LogP contribution is 2.13. The molecule has 0 spiro atoms. The number of aliphatic hydroxyl groups excluding tert-OH is 1. The maximum Gasteiger partial charge on any atom is 0.0446 e. The van der Waals surface area contributed by atoms with Crippen LogP contribution in [0, 0.1) is 0 Å². The lowest BCUT2D eigenvalue weighted by atomic mass is 10.1. The van der Waals surface area contributed by atoms with Gasteiger partial charge >= 0.3 is 0 Å². The summed E-state index contributed by atoms with van der Waals surface area (Å²) in [4.78, 5) is 2.53. The van der Waals surface area contributed by atoms with Gasteiger partial charge in [-0.1, -0.05) is 0 Å². The molecule has 1 fully saturated rings. The van der Waals surface area contributed by atoms with Gasteiger partial charge in [-0.25, -0.2) is 0 Å². The van der Waals surface area contributed by atoms with E-state index in [0.717, 1.165) is 19.5 Å². The number of hydrogen-bond acceptors (Lipinski definition) is 3. The molecule has 84 valence electrons. The zero-order valence-corrected chi connectivity index (χ0v) is 9.66. The van der Waals surface area contributed by atoms with Gasteiger partial charge in [0.2, 0.25) is 0 Å². The van der Waals surface area contributed by atoms with Gasteiger partial charge in [-0.15, -0.1) is 0 Å². The number of nitrogens with one attached hydrogen (secondary N) is 1. The third kappa shape index (κ3) is 3.23. The summed E-state index contributed by atoms with van der Waals surface area (Å²) in [5.41, 5.74) is 0. The van der Waals surface area contributed by atoms with Gasteiger partial charge in [-0.05, 0) is 40.2 Å². The molecule has 0 aromatic heterocycles. The van der Waals surface area contributed by atoms with E-state index >= 15 is 0 Å². The first-order chi connectivity index (χ1) is 6.65. The van der Waals surface area contributed by atoms with E-state index < -0.39 is 0 Å². The second kappa shape index (κ2) is 5.69. The Morgan fingerprint density at radius 1 is 1.50 bits per heavy atom. The first-order valence-corrected chi connectivity index (χ1v) is 5.75. The number of rotatable bonds is 3. The normalized spacial score (nSPS) is 30.6. The van der Waals surface area contributed by atoms with Gasteiger partial charge < -0.3 is 10.4 Å². The molecule has 0 radical (unpaired) electrons. The van der Waals surface area contributed by atoms with Gasteiger partial charge in [-0.3, -0.25) is 4.90 Å². The fourth-order valence-corrected chi connectivity index (χ4v) is 2.23. The Bertz CT molecular complexity index is 161. The van der Waals surface area contributed by atoms with Crippen LogP contribution in [0.2, 0.25) is 0 Å². The maximum atomic E-state index is 8.94. The van der Waals surface area contributed by atoms with Crippen molar-refractivity contribution in [1.29, 1.82) is 0 Å². The van der Waals surface area contributed by atoms with Gasteiger partial charge in [0.1, 0.15) is 0 Å². The second-order valence-electron chi connectivity index (χ2n) is 4.59. The van der Waals surface area contributed by atoms with Crippen LogP contribution >= 0.6 is 0 Å². The third-order valence-electron chi connectivity index (χ3n) is 3.13. The summed E-state index contributed by atoms with van der Waals surface area (Å²) in [6.45, 7) is 9.23. The second-order valence-corrected chi connectivity index (χ2v) is 4.59. The summed E-state index contributed by atoms with van der Waals surface area (Å²) >= 11 is 0. The van der Waals surface area contributed by atoms with E-state index in [9.17, 15) is 0 Å². The van der Waals surface area contributed by atoms with Crippen LogP contribution in [0.5, 0.6) is 0 Å². The van der Waals surface area contributed by atoms with Gasteiger partial charge in [0.25, 0.3) is 0 Å². The minimum Gasteiger partial charge on any atom is -0.396 e. The zero-order valence-electron chi connectivity index (χ0n) is 9.66. The van der Waals surface area contributed by atoms with Crippen LogP contribution in [0.25, 0.3) is 0 Å². The molecule has 0 aliphatic carbocycles. The van der Waals surface area contributed by atoms with Crippen molar-refractivity contribution in [3.8, 4) is 0 Å². The topological polar surface area (TPSA) is 35.5 Å². The average Bonchev–Trinajstić information content (AvgIpc) is 2.29. The van der Waals surface area contributed by atoms with Crippen LogP contribution in [0.15, 0.2) is 0 Å². The third-order valence-corrected chi connectivity index (χ3v) is 3.13. The monoisotopic (exact) mass is 200 g/mol. The van der Waals surface area contributed by atoms with E-state index in [1.165, 1.54) is 6.42 Å². The van der Waals surface area contributed by atoms with E-state index in [1.54, 1.807) is 0 Å². The molecule has 0 saturated carbocycles. The summed E-state index contributed by atoms with van der Waals surface area (Å²) in [5.74, 6) is 0.